The van der Waals surface area contributed by atoms with Gasteiger partial charge in [-0.25, -0.2) is 0 Å². The molecule has 114 valence electrons. The molecule has 2 rings (SSSR count). The molecule has 1 unspecified atom stereocenters. The van der Waals surface area contributed by atoms with E-state index in [0.717, 1.165) is 13.0 Å². The Labute approximate surface area is 125 Å². The molecule has 1 aromatic carbocycles. The number of benzene rings is 1. The summed E-state index contributed by atoms with van der Waals surface area (Å²) in [5.74, 6) is -0.0590. The number of amides is 2. The number of rotatable bonds is 4. The number of nitrogens with two attached hydrogens (primary N) is 1. The fraction of sp³-hybridized carbons (Fsp3) is 0.500. The summed E-state index contributed by atoms with van der Waals surface area (Å²) in [6.07, 6.45) is 1.35. The lowest BCUT2D eigenvalue weighted by molar-refractivity contribution is -0.115. The Morgan fingerprint density at radius 3 is 2.81 bits per heavy atom. The van der Waals surface area contributed by atoms with Crippen molar-refractivity contribution in [2.75, 3.05) is 25.0 Å². The Kier molecular flexibility index (Phi) is 4.63. The van der Waals surface area contributed by atoms with E-state index in [1.165, 1.54) is 0 Å². The zero-order chi connectivity index (χ0) is 15.5. The van der Waals surface area contributed by atoms with Crippen molar-refractivity contribution < 1.29 is 9.59 Å². The average Bonchev–Trinajstić information content (AvgIpc) is 2.90. The van der Waals surface area contributed by atoms with E-state index >= 15 is 0 Å². The second kappa shape index (κ2) is 6.26. The Morgan fingerprint density at radius 1 is 1.43 bits per heavy atom. The first-order chi connectivity index (χ1) is 9.97. The lowest BCUT2D eigenvalue weighted by Crippen LogP contribution is -2.34. The molecule has 1 aliphatic rings. The van der Waals surface area contributed by atoms with Crippen LogP contribution < -0.4 is 11.1 Å². The van der Waals surface area contributed by atoms with Gasteiger partial charge in [-0.15, -0.1) is 0 Å². The van der Waals surface area contributed by atoms with Crippen molar-refractivity contribution >= 4 is 17.5 Å². The summed E-state index contributed by atoms with van der Waals surface area (Å²) in [5, 5.41) is 2.78. The number of hydrogen-bond donors (Lipinski definition) is 2. The first kappa shape index (κ1) is 15.5. The van der Waals surface area contributed by atoms with E-state index in [2.05, 4.69) is 12.2 Å². The standard InChI is InChI=1S/C16H23N3O2/c1-3-14(20)18-13-6-4-5-12(9-13)15(21)19-8-7-16(2,10-17)11-19/h4-6,9H,3,7-8,10-11,17H2,1-2H3,(H,18,20). The summed E-state index contributed by atoms with van der Waals surface area (Å²) >= 11 is 0. The lowest BCUT2D eigenvalue weighted by Gasteiger charge is -2.22. The number of likely N-dealkylation sites (tertiary alicyclic amines) is 1. The predicted octanol–water partition coefficient (Wildman–Crippen LogP) is 1.85. The monoisotopic (exact) mass is 289 g/mol. The van der Waals surface area contributed by atoms with Crippen LogP contribution in [0.2, 0.25) is 0 Å². The molecule has 1 saturated heterocycles. The molecule has 1 aromatic rings. The molecule has 2 amide bonds. The van der Waals surface area contributed by atoms with Crippen LogP contribution >= 0.6 is 0 Å². The SMILES string of the molecule is CCC(=O)Nc1cccc(C(=O)N2CCC(C)(CN)C2)c1. The van der Waals surface area contributed by atoms with Gasteiger partial charge in [-0.3, -0.25) is 9.59 Å². The molecule has 0 bridgehead atoms. The minimum atomic E-state index is -0.0588. The summed E-state index contributed by atoms with van der Waals surface area (Å²) in [6, 6.07) is 7.09. The molecule has 0 aliphatic carbocycles. The summed E-state index contributed by atoms with van der Waals surface area (Å²) < 4.78 is 0. The highest BCUT2D eigenvalue weighted by Crippen LogP contribution is 2.29. The lowest BCUT2D eigenvalue weighted by atomic mass is 9.90. The van der Waals surface area contributed by atoms with Gasteiger partial charge in [-0.1, -0.05) is 19.9 Å². The smallest absolute Gasteiger partial charge is 0.253 e. The van der Waals surface area contributed by atoms with E-state index in [1.54, 1.807) is 31.2 Å². The van der Waals surface area contributed by atoms with Crippen molar-refractivity contribution in [2.24, 2.45) is 11.1 Å². The molecular formula is C16H23N3O2. The molecule has 3 N–H and O–H groups in total. The van der Waals surface area contributed by atoms with Crippen molar-refractivity contribution in [3.8, 4) is 0 Å². The molecule has 0 radical (unpaired) electrons. The van der Waals surface area contributed by atoms with E-state index < -0.39 is 0 Å². The second-order valence-corrected chi connectivity index (χ2v) is 5.97. The van der Waals surface area contributed by atoms with Crippen molar-refractivity contribution in [1.29, 1.82) is 0 Å². The van der Waals surface area contributed by atoms with Gasteiger partial charge in [0, 0.05) is 30.8 Å². The zero-order valence-electron chi connectivity index (χ0n) is 12.7. The molecule has 1 aliphatic heterocycles. The average molecular weight is 289 g/mol. The van der Waals surface area contributed by atoms with Gasteiger partial charge in [-0.2, -0.15) is 0 Å². The van der Waals surface area contributed by atoms with Crippen molar-refractivity contribution in [2.45, 2.75) is 26.7 Å². The van der Waals surface area contributed by atoms with Crippen molar-refractivity contribution in [3.05, 3.63) is 29.8 Å². The first-order valence-electron chi connectivity index (χ1n) is 7.37. The number of nitrogens with one attached hydrogen (secondary N) is 1. The molecule has 21 heavy (non-hydrogen) atoms. The van der Waals surface area contributed by atoms with Crippen LogP contribution in [-0.2, 0) is 4.79 Å². The summed E-state index contributed by atoms with van der Waals surface area (Å²) in [4.78, 5) is 25.8. The summed E-state index contributed by atoms with van der Waals surface area (Å²) in [5.41, 5.74) is 7.06. The quantitative estimate of drug-likeness (QED) is 0.888. The Morgan fingerprint density at radius 2 is 2.19 bits per heavy atom. The minimum absolute atomic E-state index is 0.000211. The summed E-state index contributed by atoms with van der Waals surface area (Å²) in [6.45, 7) is 5.91. The third-order valence-electron chi connectivity index (χ3n) is 4.05. The van der Waals surface area contributed by atoms with Gasteiger partial charge >= 0.3 is 0 Å². The Hall–Kier alpha value is -1.88. The molecule has 0 spiro atoms. The van der Waals surface area contributed by atoms with E-state index in [-0.39, 0.29) is 17.2 Å². The zero-order valence-corrected chi connectivity index (χ0v) is 12.7. The summed E-state index contributed by atoms with van der Waals surface area (Å²) in [7, 11) is 0. The molecule has 1 heterocycles. The van der Waals surface area contributed by atoms with Crippen LogP contribution in [0.25, 0.3) is 0 Å². The molecule has 1 fully saturated rings. The van der Waals surface area contributed by atoms with Gasteiger partial charge in [0.1, 0.15) is 0 Å². The maximum absolute atomic E-state index is 12.5. The van der Waals surface area contributed by atoms with Crippen LogP contribution in [0.3, 0.4) is 0 Å². The van der Waals surface area contributed by atoms with Crippen LogP contribution in [0.4, 0.5) is 5.69 Å². The van der Waals surface area contributed by atoms with Crippen molar-refractivity contribution in [3.63, 3.8) is 0 Å². The second-order valence-electron chi connectivity index (χ2n) is 5.97. The highest BCUT2D eigenvalue weighted by Gasteiger charge is 2.35. The van der Waals surface area contributed by atoms with E-state index in [1.807, 2.05) is 4.90 Å². The highest BCUT2D eigenvalue weighted by atomic mass is 16.2. The van der Waals surface area contributed by atoms with Crippen LogP contribution in [0, 0.1) is 5.41 Å². The molecular weight excluding hydrogens is 266 g/mol. The number of hydrogen-bond acceptors (Lipinski definition) is 3. The maximum atomic E-state index is 12.5. The van der Waals surface area contributed by atoms with Gasteiger partial charge in [0.05, 0.1) is 0 Å². The molecule has 5 nitrogen and oxygen atoms in total. The number of anilines is 1. The molecule has 0 aromatic heterocycles. The van der Waals surface area contributed by atoms with Crippen LogP contribution in [0.15, 0.2) is 24.3 Å². The van der Waals surface area contributed by atoms with Crippen LogP contribution in [-0.4, -0.2) is 36.3 Å². The first-order valence-corrected chi connectivity index (χ1v) is 7.37. The van der Waals surface area contributed by atoms with Gasteiger partial charge in [-0.05, 0) is 36.6 Å². The van der Waals surface area contributed by atoms with Crippen LogP contribution in [0.5, 0.6) is 0 Å². The van der Waals surface area contributed by atoms with E-state index in [9.17, 15) is 9.59 Å². The Balaban J connectivity index is 2.10. The third kappa shape index (κ3) is 3.61. The maximum Gasteiger partial charge on any atom is 0.253 e. The largest absolute Gasteiger partial charge is 0.338 e. The topological polar surface area (TPSA) is 75.4 Å². The number of nitrogens with zero attached hydrogens (tertiary/aromatic N) is 1. The van der Waals surface area contributed by atoms with E-state index in [0.29, 0.717) is 30.8 Å². The molecule has 5 heteroatoms. The fourth-order valence-corrected chi connectivity index (χ4v) is 2.53. The van der Waals surface area contributed by atoms with E-state index in [4.69, 9.17) is 5.73 Å². The van der Waals surface area contributed by atoms with Gasteiger partial charge in [0.2, 0.25) is 5.91 Å². The van der Waals surface area contributed by atoms with Gasteiger partial charge in [0.15, 0.2) is 0 Å². The number of carbonyl (C=O) groups excluding carboxylic acids is 2. The Bertz CT molecular complexity index is 544. The van der Waals surface area contributed by atoms with Gasteiger partial charge < -0.3 is 16.0 Å². The van der Waals surface area contributed by atoms with Gasteiger partial charge in [0.25, 0.3) is 5.91 Å². The predicted molar refractivity (Wildman–Crippen MR) is 83.0 cm³/mol. The highest BCUT2D eigenvalue weighted by molar-refractivity contribution is 5.97. The molecule has 1 atom stereocenters. The third-order valence-corrected chi connectivity index (χ3v) is 4.05. The minimum Gasteiger partial charge on any atom is -0.338 e. The van der Waals surface area contributed by atoms with Crippen LogP contribution in [0.1, 0.15) is 37.0 Å². The normalized spacial score (nSPS) is 21.4. The number of carbonyl (C=O) groups is 2. The van der Waals surface area contributed by atoms with Crippen molar-refractivity contribution in [1.82, 2.24) is 4.90 Å². The molecule has 0 saturated carbocycles. The fourth-order valence-electron chi connectivity index (χ4n) is 2.53.